The van der Waals surface area contributed by atoms with Gasteiger partial charge in [-0.15, -0.1) is 0 Å². The van der Waals surface area contributed by atoms with Crippen LogP contribution in [0.5, 0.6) is 0 Å². The second kappa shape index (κ2) is 8.14. The summed E-state index contributed by atoms with van der Waals surface area (Å²) in [6, 6.07) is 12.5. The number of rotatable bonds is 5. The third-order valence-electron chi connectivity index (χ3n) is 4.77. The summed E-state index contributed by atoms with van der Waals surface area (Å²) in [5.74, 6) is 1.51. The van der Waals surface area contributed by atoms with Gasteiger partial charge >= 0.3 is 0 Å². The molecule has 8 heteroatoms. The topological polar surface area (TPSA) is 91.6 Å². The van der Waals surface area contributed by atoms with E-state index in [1.807, 2.05) is 17.0 Å². The Morgan fingerprint density at radius 2 is 1.90 bits per heavy atom. The summed E-state index contributed by atoms with van der Waals surface area (Å²) in [5.41, 5.74) is 1.43. The molecule has 8 nitrogen and oxygen atoms in total. The van der Waals surface area contributed by atoms with Crippen LogP contribution in [0.25, 0.3) is 0 Å². The van der Waals surface area contributed by atoms with E-state index in [4.69, 9.17) is 4.42 Å². The van der Waals surface area contributed by atoms with Crippen LogP contribution in [0.3, 0.4) is 0 Å². The van der Waals surface area contributed by atoms with Crippen molar-refractivity contribution in [2.75, 3.05) is 36.4 Å². The quantitative estimate of drug-likeness (QED) is 0.669. The minimum atomic E-state index is -0.101. The second-order valence-corrected chi connectivity index (χ2v) is 6.76. The predicted molar refractivity (Wildman–Crippen MR) is 109 cm³/mol. The van der Waals surface area contributed by atoms with Crippen LogP contribution in [0.2, 0.25) is 0 Å². The standard InChI is InChI=1S/C21H21N5O3/c1-15(27)16-4-2-5-17(14-16)23-19-7-8-22-21(24-19)26-11-9-25(10-12-26)20(28)18-6-3-13-29-18/h2-8,13-14H,9-12H2,1H3,(H,22,23,24). The maximum atomic E-state index is 12.4. The van der Waals surface area contributed by atoms with Crippen LogP contribution >= 0.6 is 0 Å². The van der Waals surface area contributed by atoms with E-state index in [0.29, 0.717) is 49.3 Å². The molecule has 0 atom stereocenters. The van der Waals surface area contributed by atoms with E-state index in [1.165, 1.54) is 13.2 Å². The van der Waals surface area contributed by atoms with Crippen LogP contribution in [0.1, 0.15) is 27.8 Å². The fraction of sp³-hybridized carbons (Fsp3) is 0.238. The van der Waals surface area contributed by atoms with Crippen LogP contribution in [0, 0.1) is 0 Å². The van der Waals surface area contributed by atoms with E-state index < -0.39 is 0 Å². The number of nitrogens with zero attached hydrogens (tertiary/aromatic N) is 4. The Balaban J connectivity index is 1.41. The van der Waals surface area contributed by atoms with E-state index in [0.717, 1.165) is 5.69 Å². The maximum absolute atomic E-state index is 12.4. The lowest BCUT2D eigenvalue weighted by Gasteiger charge is -2.34. The zero-order valence-corrected chi connectivity index (χ0v) is 16.0. The SMILES string of the molecule is CC(=O)c1cccc(Nc2ccnc(N3CCN(C(=O)c4ccco4)CC3)n2)c1. The summed E-state index contributed by atoms with van der Waals surface area (Å²) in [4.78, 5) is 36.7. The number of carbonyl (C=O) groups excluding carboxylic acids is 2. The molecule has 1 aliphatic heterocycles. The van der Waals surface area contributed by atoms with Crippen molar-refractivity contribution < 1.29 is 14.0 Å². The van der Waals surface area contributed by atoms with Gasteiger partial charge in [-0.2, -0.15) is 4.98 Å². The average molecular weight is 391 g/mol. The number of nitrogens with one attached hydrogen (secondary N) is 1. The number of carbonyl (C=O) groups is 2. The van der Waals surface area contributed by atoms with Crippen molar-refractivity contribution in [1.29, 1.82) is 0 Å². The molecule has 148 valence electrons. The van der Waals surface area contributed by atoms with Crippen LogP contribution < -0.4 is 10.2 Å². The molecular formula is C21H21N5O3. The van der Waals surface area contributed by atoms with Gasteiger partial charge in [0, 0.05) is 43.6 Å². The number of anilines is 3. The highest BCUT2D eigenvalue weighted by molar-refractivity contribution is 5.95. The minimum Gasteiger partial charge on any atom is -0.459 e. The molecule has 1 saturated heterocycles. The van der Waals surface area contributed by atoms with Gasteiger partial charge in [-0.25, -0.2) is 4.98 Å². The van der Waals surface area contributed by atoms with Gasteiger partial charge in [0.2, 0.25) is 5.95 Å². The Morgan fingerprint density at radius 1 is 1.07 bits per heavy atom. The molecule has 1 N–H and O–H groups in total. The molecular weight excluding hydrogens is 370 g/mol. The first-order chi connectivity index (χ1) is 14.1. The van der Waals surface area contributed by atoms with Gasteiger partial charge in [-0.05, 0) is 37.3 Å². The molecule has 0 bridgehead atoms. The van der Waals surface area contributed by atoms with E-state index in [9.17, 15) is 9.59 Å². The van der Waals surface area contributed by atoms with Gasteiger partial charge in [0.05, 0.1) is 6.26 Å². The van der Waals surface area contributed by atoms with E-state index in [-0.39, 0.29) is 11.7 Å². The monoisotopic (exact) mass is 391 g/mol. The van der Waals surface area contributed by atoms with Gasteiger partial charge in [0.15, 0.2) is 11.5 Å². The highest BCUT2D eigenvalue weighted by atomic mass is 16.3. The van der Waals surface area contributed by atoms with Crippen molar-refractivity contribution in [2.45, 2.75) is 6.92 Å². The third-order valence-corrected chi connectivity index (χ3v) is 4.77. The fourth-order valence-electron chi connectivity index (χ4n) is 3.20. The molecule has 1 fully saturated rings. The first-order valence-corrected chi connectivity index (χ1v) is 9.39. The predicted octanol–water partition coefficient (Wildman–Crippen LogP) is 2.98. The van der Waals surface area contributed by atoms with Crippen LogP contribution in [-0.4, -0.2) is 52.7 Å². The highest BCUT2D eigenvalue weighted by Crippen LogP contribution is 2.19. The molecule has 3 aromatic rings. The molecule has 1 aliphatic rings. The highest BCUT2D eigenvalue weighted by Gasteiger charge is 2.24. The summed E-state index contributed by atoms with van der Waals surface area (Å²) in [5, 5.41) is 3.22. The Labute approximate surface area is 168 Å². The molecule has 29 heavy (non-hydrogen) atoms. The van der Waals surface area contributed by atoms with Crippen molar-refractivity contribution in [3.63, 3.8) is 0 Å². The Morgan fingerprint density at radius 3 is 2.62 bits per heavy atom. The van der Waals surface area contributed by atoms with Crippen molar-refractivity contribution in [1.82, 2.24) is 14.9 Å². The number of Topliss-reactive ketones (excluding diaryl/α,β-unsaturated/α-hetero) is 1. The second-order valence-electron chi connectivity index (χ2n) is 6.76. The molecule has 1 amide bonds. The molecule has 0 unspecified atom stereocenters. The molecule has 0 spiro atoms. The lowest BCUT2D eigenvalue weighted by Crippen LogP contribution is -2.49. The largest absolute Gasteiger partial charge is 0.459 e. The smallest absolute Gasteiger partial charge is 0.289 e. The molecule has 4 rings (SSSR count). The van der Waals surface area contributed by atoms with Crippen molar-refractivity contribution in [2.24, 2.45) is 0 Å². The summed E-state index contributed by atoms with van der Waals surface area (Å²) in [6.45, 7) is 3.95. The summed E-state index contributed by atoms with van der Waals surface area (Å²) in [7, 11) is 0. The number of amides is 1. The number of piperazine rings is 1. The number of furan rings is 1. The zero-order valence-electron chi connectivity index (χ0n) is 16.0. The van der Waals surface area contributed by atoms with E-state index in [2.05, 4.69) is 15.3 Å². The Hall–Kier alpha value is -3.68. The summed E-state index contributed by atoms with van der Waals surface area (Å²) < 4.78 is 5.20. The number of ketones is 1. The van der Waals surface area contributed by atoms with Crippen molar-refractivity contribution >= 4 is 29.1 Å². The van der Waals surface area contributed by atoms with Gasteiger partial charge < -0.3 is 19.5 Å². The van der Waals surface area contributed by atoms with Gasteiger partial charge in [0.1, 0.15) is 5.82 Å². The molecule has 3 heterocycles. The molecule has 0 radical (unpaired) electrons. The first-order valence-electron chi connectivity index (χ1n) is 9.39. The molecule has 0 saturated carbocycles. The summed E-state index contributed by atoms with van der Waals surface area (Å²) in [6.07, 6.45) is 3.20. The number of aromatic nitrogens is 2. The number of hydrogen-bond acceptors (Lipinski definition) is 7. The molecule has 0 aliphatic carbocycles. The Bertz CT molecular complexity index is 1010. The fourth-order valence-corrected chi connectivity index (χ4v) is 3.20. The van der Waals surface area contributed by atoms with E-state index in [1.54, 1.807) is 41.4 Å². The van der Waals surface area contributed by atoms with Crippen LogP contribution in [0.4, 0.5) is 17.5 Å². The van der Waals surface area contributed by atoms with Gasteiger partial charge in [-0.1, -0.05) is 12.1 Å². The lowest BCUT2D eigenvalue weighted by atomic mass is 10.1. The van der Waals surface area contributed by atoms with Crippen molar-refractivity contribution in [3.8, 4) is 0 Å². The zero-order chi connectivity index (χ0) is 20.2. The van der Waals surface area contributed by atoms with Crippen LogP contribution in [-0.2, 0) is 0 Å². The number of benzene rings is 1. The average Bonchev–Trinajstić information content (AvgIpc) is 3.29. The summed E-state index contributed by atoms with van der Waals surface area (Å²) >= 11 is 0. The van der Waals surface area contributed by atoms with Gasteiger partial charge in [-0.3, -0.25) is 9.59 Å². The van der Waals surface area contributed by atoms with Crippen molar-refractivity contribution in [3.05, 3.63) is 66.2 Å². The third kappa shape index (κ3) is 4.26. The van der Waals surface area contributed by atoms with E-state index >= 15 is 0 Å². The Kier molecular flexibility index (Phi) is 5.24. The first kappa shape index (κ1) is 18.7. The minimum absolute atomic E-state index is 0.0130. The normalized spacial score (nSPS) is 14.0. The van der Waals surface area contributed by atoms with Gasteiger partial charge in [0.25, 0.3) is 5.91 Å². The number of hydrogen-bond donors (Lipinski definition) is 1. The van der Waals surface area contributed by atoms with Crippen LogP contribution in [0.15, 0.2) is 59.3 Å². The maximum Gasteiger partial charge on any atom is 0.289 e. The molecule has 2 aromatic heterocycles. The lowest BCUT2D eigenvalue weighted by molar-refractivity contribution is 0.0714. The molecule has 1 aromatic carbocycles.